The van der Waals surface area contributed by atoms with Crippen molar-refractivity contribution >= 4 is 27.4 Å². The molecule has 35 heavy (non-hydrogen) atoms. The predicted molar refractivity (Wildman–Crippen MR) is 138 cm³/mol. The van der Waals surface area contributed by atoms with Crippen LogP contribution in [0.1, 0.15) is 21.6 Å². The molecule has 0 bridgehead atoms. The van der Waals surface area contributed by atoms with E-state index in [4.69, 9.17) is 4.55 Å². The van der Waals surface area contributed by atoms with Gasteiger partial charge < -0.3 is 10.6 Å². The Hall–Kier alpha value is -4.01. The summed E-state index contributed by atoms with van der Waals surface area (Å²) in [4.78, 5) is 17.3. The number of pyridine rings is 1. The van der Waals surface area contributed by atoms with Crippen LogP contribution in [0, 0.1) is 0 Å². The van der Waals surface area contributed by atoms with Crippen LogP contribution in [-0.2, 0) is 22.3 Å². The minimum absolute atomic E-state index is 0.251. The van der Waals surface area contributed by atoms with Crippen molar-refractivity contribution in [3.63, 3.8) is 0 Å². The molecule has 3 aromatic carbocycles. The normalized spacial score (nSPS) is 11.1. The fraction of sp³-hybridized carbons (Fsp3) is 0.111. The first kappa shape index (κ1) is 24.1. The highest BCUT2D eigenvalue weighted by atomic mass is 32.2. The smallest absolute Gasteiger partial charge is 0.269 e. The maximum Gasteiger partial charge on any atom is 0.269 e. The molecule has 0 aliphatic heterocycles. The van der Waals surface area contributed by atoms with Crippen molar-refractivity contribution in [2.75, 3.05) is 17.2 Å². The number of hydrogen-bond acceptors (Lipinski definition) is 5. The van der Waals surface area contributed by atoms with Crippen molar-refractivity contribution in [3.8, 4) is 11.1 Å². The number of nitrogens with one attached hydrogen (secondary N) is 2. The zero-order chi connectivity index (χ0) is 24.7. The number of hydrogen-bond donors (Lipinski definition) is 3. The summed E-state index contributed by atoms with van der Waals surface area (Å²) in [6.45, 7) is 0.749. The third kappa shape index (κ3) is 6.99. The summed E-state index contributed by atoms with van der Waals surface area (Å²) in [6.07, 6.45) is 2.59. The number of aromatic nitrogens is 1. The molecule has 3 N–H and O–H groups in total. The second-order valence-corrected chi connectivity index (χ2v) is 9.45. The number of benzene rings is 3. The molecule has 1 aromatic heterocycles. The van der Waals surface area contributed by atoms with Crippen LogP contribution in [0.25, 0.3) is 11.1 Å². The van der Waals surface area contributed by atoms with Crippen LogP contribution in [-0.4, -0.2) is 30.4 Å². The van der Waals surface area contributed by atoms with Crippen LogP contribution in [0.5, 0.6) is 0 Å². The van der Waals surface area contributed by atoms with E-state index in [0.717, 1.165) is 35.5 Å². The van der Waals surface area contributed by atoms with Gasteiger partial charge in [-0.3, -0.25) is 14.3 Å². The van der Waals surface area contributed by atoms with E-state index in [-0.39, 0.29) is 5.91 Å². The number of anilines is 2. The highest BCUT2D eigenvalue weighted by Crippen LogP contribution is 2.26. The molecule has 0 aliphatic carbocycles. The highest BCUT2D eigenvalue weighted by Gasteiger charge is 2.13. The number of nitrogens with zero attached hydrogens (tertiary/aromatic N) is 1. The van der Waals surface area contributed by atoms with E-state index in [0.29, 0.717) is 16.8 Å². The van der Waals surface area contributed by atoms with Gasteiger partial charge in [0.05, 0.1) is 0 Å². The Kier molecular flexibility index (Phi) is 7.54. The molecule has 8 heteroatoms. The van der Waals surface area contributed by atoms with E-state index in [1.807, 2.05) is 54.6 Å². The van der Waals surface area contributed by atoms with Gasteiger partial charge in [-0.15, -0.1) is 0 Å². The lowest BCUT2D eigenvalue weighted by Gasteiger charge is -2.12. The zero-order valence-electron chi connectivity index (χ0n) is 18.9. The largest absolute Gasteiger partial charge is 0.385 e. The van der Waals surface area contributed by atoms with Crippen molar-refractivity contribution in [1.82, 2.24) is 4.98 Å². The Bertz CT molecular complexity index is 1390. The lowest BCUT2D eigenvalue weighted by Crippen LogP contribution is -2.13. The molecular formula is C27H25N3O4S. The lowest BCUT2D eigenvalue weighted by molar-refractivity contribution is 0.102. The van der Waals surface area contributed by atoms with Crippen molar-refractivity contribution in [3.05, 3.63) is 114 Å². The molecule has 7 nitrogen and oxygen atoms in total. The molecule has 0 atom stereocenters. The molecule has 0 unspecified atom stereocenters. The first-order valence-corrected chi connectivity index (χ1v) is 12.7. The van der Waals surface area contributed by atoms with Gasteiger partial charge >= 0.3 is 0 Å². The first-order chi connectivity index (χ1) is 16.9. The summed E-state index contributed by atoms with van der Waals surface area (Å²) < 4.78 is 31.2. The highest BCUT2D eigenvalue weighted by molar-refractivity contribution is 7.85. The van der Waals surface area contributed by atoms with Gasteiger partial charge in [0.2, 0.25) is 0 Å². The van der Waals surface area contributed by atoms with Gasteiger partial charge in [-0.25, -0.2) is 0 Å². The van der Waals surface area contributed by atoms with Gasteiger partial charge in [0.1, 0.15) is 5.75 Å². The Balaban J connectivity index is 1.40. The minimum Gasteiger partial charge on any atom is -0.385 e. The van der Waals surface area contributed by atoms with Gasteiger partial charge in [-0.1, -0.05) is 48.5 Å². The molecule has 0 radical (unpaired) electrons. The molecule has 4 rings (SSSR count). The quantitative estimate of drug-likeness (QED) is 0.285. The predicted octanol–water partition coefficient (Wildman–Crippen LogP) is 5.04. The molecular weight excluding hydrogens is 462 g/mol. The van der Waals surface area contributed by atoms with E-state index < -0.39 is 15.9 Å². The van der Waals surface area contributed by atoms with Crippen LogP contribution < -0.4 is 10.6 Å². The van der Waals surface area contributed by atoms with E-state index in [1.54, 1.807) is 42.6 Å². The van der Waals surface area contributed by atoms with Crippen molar-refractivity contribution in [2.24, 2.45) is 0 Å². The topological polar surface area (TPSA) is 108 Å². The lowest BCUT2D eigenvalue weighted by atomic mass is 9.98. The van der Waals surface area contributed by atoms with Gasteiger partial charge in [-0.2, -0.15) is 8.42 Å². The summed E-state index contributed by atoms with van der Waals surface area (Å²) in [5.74, 6) is -0.706. The second kappa shape index (κ2) is 10.9. The number of amides is 1. The Morgan fingerprint density at radius 1 is 0.829 bits per heavy atom. The average molecular weight is 488 g/mol. The van der Waals surface area contributed by atoms with Crippen LogP contribution >= 0.6 is 0 Å². The summed E-state index contributed by atoms with van der Waals surface area (Å²) in [6, 6.07) is 27.3. The van der Waals surface area contributed by atoms with E-state index >= 15 is 0 Å². The maximum absolute atomic E-state index is 13.0. The van der Waals surface area contributed by atoms with Gasteiger partial charge in [0.15, 0.2) is 0 Å². The summed E-state index contributed by atoms with van der Waals surface area (Å²) in [5.41, 5.74) is 5.08. The minimum atomic E-state index is -4.10. The first-order valence-electron chi connectivity index (χ1n) is 11.1. The number of carbonyl (C=O) groups excluding carboxylic acids is 1. The van der Waals surface area contributed by atoms with Gasteiger partial charge in [-0.05, 0) is 59.2 Å². The van der Waals surface area contributed by atoms with Crippen molar-refractivity contribution in [2.45, 2.75) is 12.2 Å². The van der Waals surface area contributed by atoms with Crippen LogP contribution in [0.15, 0.2) is 97.2 Å². The van der Waals surface area contributed by atoms with Crippen molar-refractivity contribution in [1.29, 1.82) is 0 Å². The third-order valence-corrected chi connectivity index (χ3v) is 6.06. The second-order valence-electron chi connectivity index (χ2n) is 8.00. The fourth-order valence-electron chi connectivity index (χ4n) is 3.67. The number of rotatable bonds is 9. The molecule has 178 valence electrons. The molecule has 0 fully saturated rings. The molecule has 1 heterocycles. The van der Waals surface area contributed by atoms with Crippen LogP contribution in [0.4, 0.5) is 11.4 Å². The molecule has 0 saturated carbocycles. The van der Waals surface area contributed by atoms with E-state index in [1.165, 1.54) is 0 Å². The van der Waals surface area contributed by atoms with Gasteiger partial charge in [0, 0.05) is 41.8 Å². The van der Waals surface area contributed by atoms with Crippen molar-refractivity contribution < 1.29 is 17.8 Å². The Morgan fingerprint density at radius 3 is 2.20 bits per heavy atom. The fourth-order valence-corrected chi connectivity index (χ4v) is 4.29. The summed E-state index contributed by atoms with van der Waals surface area (Å²) in [7, 11) is -4.10. The van der Waals surface area contributed by atoms with E-state index in [9.17, 15) is 13.2 Å². The SMILES string of the molecule is O=C(Nc1ccc(NCCc2ccccn2)cc1)c1ccccc1-c1ccc(CS(=O)(=O)O)cc1. The van der Waals surface area contributed by atoms with Crippen LogP contribution in [0.3, 0.4) is 0 Å². The summed E-state index contributed by atoms with van der Waals surface area (Å²) >= 11 is 0. The van der Waals surface area contributed by atoms with E-state index in [2.05, 4.69) is 15.6 Å². The molecule has 4 aromatic rings. The third-order valence-electron chi connectivity index (χ3n) is 5.36. The zero-order valence-corrected chi connectivity index (χ0v) is 19.7. The molecule has 1 amide bonds. The standard InChI is InChI=1S/C27H25N3O4S/c31-27(30-24-14-12-23(13-15-24)29-18-16-22-5-3-4-17-28-22)26-7-2-1-6-25(26)21-10-8-20(9-11-21)19-35(32,33)34/h1-15,17,29H,16,18-19H2,(H,30,31)(H,32,33,34). The molecule has 0 saturated heterocycles. The Morgan fingerprint density at radius 2 is 1.51 bits per heavy atom. The maximum atomic E-state index is 13.0. The monoisotopic (exact) mass is 487 g/mol. The van der Waals surface area contributed by atoms with Crippen LogP contribution in [0.2, 0.25) is 0 Å². The molecule has 0 spiro atoms. The van der Waals surface area contributed by atoms with Gasteiger partial charge in [0.25, 0.3) is 16.0 Å². The number of carbonyl (C=O) groups is 1. The summed E-state index contributed by atoms with van der Waals surface area (Å²) in [5, 5.41) is 6.28. The Labute approximate surface area is 204 Å². The molecule has 0 aliphatic rings. The average Bonchev–Trinajstić information content (AvgIpc) is 2.85.